The van der Waals surface area contributed by atoms with Crippen molar-refractivity contribution in [3.63, 3.8) is 0 Å². The summed E-state index contributed by atoms with van der Waals surface area (Å²) in [5.74, 6) is 0.776. The molecule has 1 aliphatic heterocycles. The Balaban J connectivity index is 1.85. The van der Waals surface area contributed by atoms with E-state index in [2.05, 4.69) is 10.1 Å². The maximum Gasteiger partial charge on any atom is 0.158 e. The molecule has 2 aromatic heterocycles. The number of nitrogens with zero attached hydrogens (tertiary/aromatic N) is 3. The van der Waals surface area contributed by atoms with Gasteiger partial charge in [-0.25, -0.2) is 17.9 Å². The normalized spacial score (nSPS) is 22.6. The van der Waals surface area contributed by atoms with Crippen LogP contribution in [0, 0.1) is 5.92 Å². The highest BCUT2D eigenvalue weighted by molar-refractivity contribution is 7.91. The van der Waals surface area contributed by atoms with Gasteiger partial charge in [-0.05, 0) is 25.2 Å². The molecule has 1 aliphatic rings. The summed E-state index contributed by atoms with van der Waals surface area (Å²) in [6, 6.07) is 0. The number of hydrogen-bond donors (Lipinski definition) is 1. The van der Waals surface area contributed by atoms with Crippen LogP contribution in [0.25, 0.3) is 5.65 Å². The molecule has 2 aromatic rings. The van der Waals surface area contributed by atoms with Gasteiger partial charge in [0.1, 0.15) is 0 Å². The fourth-order valence-corrected chi connectivity index (χ4v) is 4.45. The molecule has 1 saturated heterocycles. The molecule has 0 radical (unpaired) electrons. The van der Waals surface area contributed by atoms with E-state index in [0.717, 1.165) is 24.1 Å². The zero-order valence-electron chi connectivity index (χ0n) is 10.5. The second-order valence-electron chi connectivity index (χ2n) is 5.15. The quantitative estimate of drug-likeness (QED) is 0.873. The van der Waals surface area contributed by atoms with Gasteiger partial charge in [-0.3, -0.25) is 0 Å². The lowest BCUT2D eigenvalue weighted by Gasteiger charge is -2.21. The summed E-state index contributed by atoms with van der Waals surface area (Å²) in [6.07, 6.45) is 7.47. The lowest BCUT2D eigenvalue weighted by atomic mass is 9.98. The van der Waals surface area contributed by atoms with E-state index in [0.29, 0.717) is 17.9 Å². The summed E-state index contributed by atoms with van der Waals surface area (Å²) in [6.45, 7) is 0. The van der Waals surface area contributed by atoms with Gasteiger partial charge in [0, 0.05) is 5.56 Å². The smallest absolute Gasteiger partial charge is 0.158 e. The van der Waals surface area contributed by atoms with Gasteiger partial charge < -0.3 is 5.73 Å². The molecule has 0 aliphatic carbocycles. The van der Waals surface area contributed by atoms with Gasteiger partial charge in [-0.15, -0.1) is 0 Å². The van der Waals surface area contributed by atoms with E-state index in [-0.39, 0.29) is 11.7 Å². The summed E-state index contributed by atoms with van der Waals surface area (Å²) in [7, 11) is -2.86. The van der Waals surface area contributed by atoms with Crippen molar-refractivity contribution < 1.29 is 8.42 Å². The van der Waals surface area contributed by atoms with Crippen LogP contribution in [0.5, 0.6) is 0 Å². The van der Waals surface area contributed by atoms with Gasteiger partial charge in [0.15, 0.2) is 15.5 Å². The third kappa shape index (κ3) is 2.56. The molecule has 1 atom stereocenters. The Hall–Kier alpha value is -1.63. The first-order valence-corrected chi connectivity index (χ1v) is 8.14. The average molecular weight is 280 g/mol. The predicted molar refractivity (Wildman–Crippen MR) is 72.5 cm³/mol. The lowest BCUT2D eigenvalue weighted by molar-refractivity contribution is 0.484. The fraction of sp³-hybridized carbons (Fsp3) is 0.500. The molecule has 0 spiro atoms. The molecule has 2 N–H and O–H groups in total. The second kappa shape index (κ2) is 4.48. The van der Waals surface area contributed by atoms with Crippen molar-refractivity contribution in [2.45, 2.75) is 19.3 Å². The van der Waals surface area contributed by atoms with Gasteiger partial charge in [-0.2, -0.15) is 5.10 Å². The summed E-state index contributed by atoms with van der Waals surface area (Å²) in [5.41, 5.74) is 7.96. The van der Waals surface area contributed by atoms with Crippen molar-refractivity contribution in [2.24, 2.45) is 5.92 Å². The fourth-order valence-electron chi connectivity index (χ4n) is 2.67. The van der Waals surface area contributed by atoms with Gasteiger partial charge in [0.05, 0.1) is 35.8 Å². The van der Waals surface area contributed by atoms with E-state index in [1.54, 1.807) is 23.1 Å². The molecular formula is C12H16N4O2S. The van der Waals surface area contributed by atoms with Crippen molar-refractivity contribution in [2.75, 3.05) is 17.2 Å². The minimum absolute atomic E-state index is 0.172. The largest absolute Gasteiger partial charge is 0.396 e. The molecule has 1 unspecified atom stereocenters. The van der Waals surface area contributed by atoms with Crippen molar-refractivity contribution in [3.8, 4) is 0 Å². The number of nitrogens with two attached hydrogens (primary N) is 1. The molecule has 0 bridgehead atoms. The van der Waals surface area contributed by atoms with Crippen LogP contribution >= 0.6 is 0 Å². The Labute approximate surface area is 111 Å². The van der Waals surface area contributed by atoms with Crippen LogP contribution in [0.3, 0.4) is 0 Å². The van der Waals surface area contributed by atoms with E-state index >= 15 is 0 Å². The number of aromatic nitrogens is 3. The molecule has 3 rings (SSSR count). The van der Waals surface area contributed by atoms with Crippen LogP contribution in [0.2, 0.25) is 0 Å². The van der Waals surface area contributed by atoms with Crippen molar-refractivity contribution in [1.82, 2.24) is 14.6 Å². The van der Waals surface area contributed by atoms with Gasteiger partial charge in [0.2, 0.25) is 0 Å². The first-order valence-electron chi connectivity index (χ1n) is 6.32. The number of fused-ring (bicyclic) bond motifs is 1. The Morgan fingerprint density at radius 1 is 1.42 bits per heavy atom. The minimum Gasteiger partial charge on any atom is -0.396 e. The van der Waals surface area contributed by atoms with Crippen LogP contribution < -0.4 is 5.73 Å². The SMILES string of the molecule is Nc1cnc2c(CC3CCCS(=O)(=O)C3)cnn2c1. The van der Waals surface area contributed by atoms with Crippen LogP contribution in [0.15, 0.2) is 18.6 Å². The van der Waals surface area contributed by atoms with E-state index < -0.39 is 9.84 Å². The Kier molecular flexibility index (Phi) is 2.93. The van der Waals surface area contributed by atoms with Crippen LogP contribution in [-0.4, -0.2) is 34.5 Å². The predicted octanol–water partition coefficient (Wildman–Crippen LogP) is 0.679. The third-order valence-electron chi connectivity index (χ3n) is 3.52. The van der Waals surface area contributed by atoms with Crippen molar-refractivity contribution in [1.29, 1.82) is 0 Å². The Morgan fingerprint density at radius 2 is 2.26 bits per heavy atom. The van der Waals surface area contributed by atoms with E-state index in [1.165, 1.54) is 0 Å². The van der Waals surface area contributed by atoms with Crippen molar-refractivity contribution in [3.05, 3.63) is 24.2 Å². The van der Waals surface area contributed by atoms with Crippen LogP contribution in [-0.2, 0) is 16.3 Å². The van der Waals surface area contributed by atoms with Crippen molar-refractivity contribution >= 4 is 21.2 Å². The van der Waals surface area contributed by atoms with Gasteiger partial charge >= 0.3 is 0 Å². The number of anilines is 1. The molecule has 0 saturated carbocycles. The van der Waals surface area contributed by atoms with Gasteiger partial charge in [-0.1, -0.05) is 0 Å². The molecule has 0 aromatic carbocycles. The monoisotopic (exact) mass is 280 g/mol. The summed E-state index contributed by atoms with van der Waals surface area (Å²) >= 11 is 0. The maximum atomic E-state index is 11.6. The number of nitrogen functional groups attached to an aromatic ring is 1. The molecule has 6 nitrogen and oxygen atoms in total. The second-order valence-corrected chi connectivity index (χ2v) is 7.38. The molecular weight excluding hydrogens is 264 g/mol. The lowest BCUT2D eigenvalue weighted by Crippen LogP contribution is -2.26. The number of hydrogen-bond acceptors (Lipinski definition) is 5. The van der Waals surface area contributed by atoms with E-state index in [9.17, 15) is 8.42 Å². The maximum absolute atomic E-state index is 11.6. The first kappa shape index (κ1) is 12.4. The van der Waals surface area contributed by atoms with Gasteiger partial charge in [0.25, 0.3) is 0 Å². The zero-order valence-corrected chi connectivity index (χ0v) is 11.3. The number of rotatable bonds is 2. The Morgan fingerprint density at radius 3 is 3.05 bits per heavy atom. The minimum atomic E-state index is -2.86. The summed E-state index contributed by atoms with van der Waals surface area (Å²) < 4.78 is 24.9. The standard InChI is InChI=1S/C12H16N4O2S/c13-11-6-14-12-10(5-15-16(12)7-11)4-9-2-1-3-19(17,18)8-9/h5-7,9H,1-4,8,13H2. The summed E-state index contributed by atoms with van der Waals surface area (Å²) in [5, 5.41) is 4.21. The third-order valence-corrected chi connectivity index (χ3v) is 5.41. The number of sulfone groups is 1. The van der Waals surface area contributed by atoms with E-state index in [1.807, 2.05) is 0 Å². The highest BCUT2D eigenvalue weighted by atomic mass is 32.2. The van der Waals surface area contributed by atoms with E-state index in [4.69, 9.17) is 5.73 Å². The topological polar surface area (TPSA) is 90.3 Å². The average Bonchev–Trinajstić information content (AvgIpc) is 2.70. The molecule has 3 heterocycles. The molecule has 102 valence electrons. The Bertz CT molecular complexity index is 708. The molecule has 7 heteroatoms. The molecule has 19 heavy (non-hydrogen) atoms. The highest BCUT2D eigenvalue weighted by Crippen LogP contribution is 2.23. The molecule has 1 fully saturated rings. The van der Waals surface area contributed by atoms with Crippen LogP contribution in [0.4, 0.5) is 5.69 Å². The zero-order chi connectivity index (χ0) is 13.5. The highest BCUT2D eigenvalue weighted by Gasteiger charge is 2.25. The molecule has 0 amide bonds. The van der Waals surface area contributed by atoms with Crippen LogP contribution in [0.1, 0.15) is 18.4 Å². The summed E-state index contributed by atoms with van der Waals surface area (Å²) in [4.78, 5) is 4.27. The first-order chi connectivity index (χ1) is 9.03.